The molecule has 0 bridgehead atoms. The summed E-state index contributed by atoms with van der Waals surface area (Å²) in [4.78, 5) is 0. The topological polar surface area (TPSA) is 9.23 Å². The van der Waals surface area contributed by atoms with Crippen LogP contribution in [0.5, 0.6) is 0 Å². The molecule has 1 heterocycles. The van der Waals surface area contributed by atoms with Crippen molar-refractivity contribution in [2.45, 2.75) is 24.3 Å². The van der Waals surface area contributed by atoms with E-state index in [9.17, 15) is 8.78 Å². The molecule has 0 amide bonds. The molecule has 1 aromatic carbocycles. The smallest absolute Gasteiger partial charge is 0.159 e. The van der Waals surface area contributed by atoms with Gasteiger partial charge >= 0.3 is 0 Å². The van der Waals surface area contributed by atoms with E-state index in [4.69, 9.17) is 16.3 Å². The average Bonchev–Trinajstić information content (AvgIpc) is 2.74. The second-order valence-corrected chi connectivity index (χ2v) is 4.10. The molecule has 0 aromatic heterocycles. The summed E-state index contributed by atoms with van der Waals surface area (Å²) in [5.41, 5.74) is 0.572. The lowest BCUT2D eigenvalue weighted by atomic mass is 10.1. The number of ether oxygens (including phenoxy) is 1. The van der Waals surface area contributed by atoms with Gasteiger partial charge in [0.15, 0.2) is 11.6 Å². The van der Waals surface area contributed by atoms with Gasteiger partial charge in [0, 0.05) is 6.61 Å². The van der Waals surface area contributed by atoms with Gasteiger partial charge in [0.1, 0.15) is 0 Å². The van der Waals surface area contributed by atoms with Gasteiger partial charge in [-0.05, 0) is 30.5 Å². The van der Waals surface area contributed by atoms with E-state index < -0.39 is 17.0 Å². The van der Waals surface area contributed by atoms with Crippen LogP contribution in [0.25, 0.3) is 0 Å². The molecule has 0 saturated carbocycles. The quantitative estimate of drug-likeness (QED) is 0.710. The minimum Gasteiger partial charge on any atom is -0.376 e. The summed E-state index contributed by atoms with van der Waals surface area (Å²) in [6, 6.07) is 3.72. The third kappa shape index (κ3) is 2.29. The van der Waals surface area contributed by atoms with Gasteiger partial charge < -0.3 is 4.74 Å². The molecule has 2 unspecified atom stereocenters. The molecule has 1 aliphatic heterocycles. The predicted molar refractivity (Wildman–Crippen MR) is 53.9 cm³/mol. The first kappa shape index (κ1) is 10.8. The zero-order valence-electron chi connectivity index (χ0n) is 8.05. The van der Waals surface area contributed by atoms with Crippen LogP contribution in [-0.2, 0) is 4.74 Å². The van der Waals surface area contributed by atoms with Crippen LogP contribution in [-0.4, -0.2) is 12.7 Å². The molecule has 2 rings (SSSR count). The first-order chi connectivity index (χ1) is 7.18. The van der Waals surface area contributed by atoms with Gasteiger partial charge in [0.25, 0.3) is 0 Å². The second-order valence-electron chi connectivity index (χ2n) is 3.63. The number of hydrogen-bond donors (Lipinski definition) is 0. The van der Waals surface area contributed by atoms with Crippen LogP contribution in [0.2, 0.25) is 0 Å². The summed E-state index contributed by atoms with van der Waals surface area (Å²) in [7, 11) is 0. The molecule has 0 N–H and O–H groups in total. The Morgan fingerprint density at radius 1 is 1.33 bits per heavy atom. The number of halogens is 3. The van der Waals surface area contributed by atoms with Crippen molar-refractivity contribution in [1.29, 1.82) is 0 Å². The molecule has 82 valence electrons. The van der Waals surface area contributed by atoms with Gasteiger partial charge in [-0.25, -0.2) is 8.78 Å². The van der Waals surface area contributed by atoms with Crippen LogP contribution in [0, 0.1) is 11.6 Å². The Morgan fingerprint density at radius 2 is 2.13 bits per heavy atom. The number of hydrogen-bond acceptors (Lipinski definition) is 1. The highest BCUT2D eigenvalue weighted by Gasteiger charge is 2.26. The second kappa shape index (κ2) is 4.45. The van der Waals surface area contributed by atoms with Crippen LogP contribution in [0.1, 0.15) is 23.8 Å². The van der Waals surface area contributed by atoms with E-state index in [2.05, 4.69) is 0 Å². The fourth-order valence-electron chi connectivity index (χ4n) is 1.73. The fourth-order valence-corrected chi connectivity index (χ4v) is 2.07. The molecule has 0 aliphatic carbocycles. The first-order valence-corrected chi connectivity index (χ1v) is 5.33. The van der Waals surface area contributed by atoms with E-state index in [-0.39, 0.29) is 6.10 Å². The van der Waals surface area contributed by atoms with Crippen molar-refractivity contribution in [3.05, 3.63) is 35.4 Å². The molecule has 15 heavy (non-hydrogen) atoms. The van der Waals surface area contributed by atoms with Crippen LogP contribution < -0.4 is 0 Å². The molecule has 0 spiro atoms. The maximum Gasteiger partial charge on any atom is 0.159 e. The van der Waals surface area contributed by atoms with Crippen LogP contribution in [0.15, 0.2) is 18.2 Å². The summed E-state index contributed by atoms with van der Waals surface area (Å²) in [5.74, 6) is -1.72. The molecule has 2 atom stereocenters. The fraction of sp³-hybridized carbons (Fsp3) is 0.455. The molecule has 1 nitrogen and oxygen atoms in total. The van der Waals surface area contributed by atoms with Gasteiger partial charge in [0.05, 0.1) is 11.5 Å². The highest BCUT2D eigenvalue weighted by atomic mass is 35.5. The van der Waals surface area contributed by atoms with Crippen molar-refractivity contribution in [3.8, 4) is 0 Å². The minimum atomic E-state index is -0.865. The third-order valence-corrected chi connectivity index (χ3v) is 3.09. The molecule has 1 aromatic rings. The zero-order valence-corrected chi connectivity index (χ0v) is 8.81. The molecule has 1 aliphatic rings. The Balaban J connectivity index is 2.17. The van der Waals surface area contributed by atoms with Crippen molar-refractivity contribution < 1.29 is 13.5 Å². The Hall–Kier alpha value is -0.670. The van der Waals surface area contributed by atoms with Gasteiger partial charge in [0.2, 0.25) is 0 Å². The standard InChI is InChI=1S/C11H11ClF2O/c12-11(10-2-1-5-15-10)7-3-4-8(13)9(14)6-7/h3-4,6,10-11H,1-2,5H2. The van der Waals surface area contributed by atoms with Crippen LogP contribution >= 0.6 is 11.6 Å². The number of alkyl halides is 1. The highest BCUT2D eigenvalue weighted by molar-refractivity contribution is 6.21. The van der Waals surface area contributed by atoms with Gasteiger partial charge in [-0.3, -0.25) is 0 Å². The Bertz CT molecular complexity index is 350. The molecule has 0 radical (unpaired) electrons. The Labute approximate surface area is 92.0 Å². The SMILES string of the molecule is Fc1ccc(C(Cl)C2CCCO2)cc1F. The average molecular weight is 233 g/mol. The van der Waals surface area contributed by atoms with Gasteiger partial charge in [-0.2, -0.15) is 0 Å². The van der Waals surface area contributed by atoms with Crippen molar-refractivity contribution in [1.82, 2.24) is 0 Å². The van der Waals surface area contributed by atoms with Gasteiger partial charge in [-0.1, -0.05) is 6.07 Å². The molecule has 1 fully saturated rings. The summed E-state index contributed by atoms with van der Waals surface area (Å²) in [6.45, 7) is 0.692. The number of rotatable bonds is 2. The Morgan fingerprint density at radius 3 is 2.73 bits per heavy atom. The van der Waals surface area contributed by atoms with E-state index in [1.54, 1.807) is 0 Å². The van der Waals surface area contributed by atoms with E-state index in [1.165, 1.54) is 6.07 Å². The maximum absolute atomic E-state index is 13.0. The third-order valence-electron chi connectivity index (χ3n) is 2.55. The summed E-state index contributed by atoms with van der Waals surface area (Å²) in [5, 5.41) is -0.400. The normalized spacial score (nSPS) is 23.0. The summed E-state index contributed by atoms with van der Waals surface area (Å²) >= 11 is 6.12. The molecule has 4 heteroatoms. The lowest BCUT2D eigenvalue weighted by Gasteiger charge is -2.16. The Kier molecular flexibility index (Phi) is 3.22. The monoisotopic (exact) mass is 232 g/mol. The van der Waals surface area contributed by atoms with E-state index in [1.807, 2.05) is 0 Å². The lowest BCUT2D eigenvalue weighted by Crippen LogP contribution is -2.12. The van der Waals surface area contributed by atoms with Crippen LogP contribution in [0.3, 0.4) is 0 Å². The molecular formula is C11H11ClF2O. The zero-order chi connectivity index (χ0) is 10.8. The summed E-state index contributed by atoms with van der Waals surface area (Å²) in [6.07, 6.45) is 1.75. The largest absolute Gasteiger partial charge is 0.376 e. The van der Waals surface area contributed by atoms with E-state index in [0.717, 1.165) is 25.0 Å². The van der Waals surface area contributed by atoms with Crippen LogP contribution in [0.4, 0.5) is 8.78 Å². The minimum absolute atomic E-state index is 0.0865. The van der Waals surface area contributed by atoms with Crippen molar-refractivity contribution >= 4 is 11.6 Å². The highest BCUT2D eigenvalue weighted by Crippen LogP contribution is 2.32. The van der Waals surface area contributed by atoms with Crippen molar-refractivity contribution in [2.75, 3.05) is 6.61 Å². The van der Waals surface area contributed by atoms with E-state index >= 15 is 0 Å². The molecular weight excluding hydrogens is 222 g/mol. The molecule has 1 saturated heterocycles. The van der Waals surface area contributed by atoms with Crippen molar-refractivity contribution in [3.63, 3.8) is 0 Å². The first-order valence-electron chi connectivity index (χ1n) is 4.89. The van der Waals surface area contributed by atoms with Gasteiger partial charge in [-0.15, -0.1) is 11.6 Å². The van der Waals surface area contributed by atoms with Crippen molar-refractivity contribution in [2.24, 2.45) is 0 Å². The maximum atomic E-state index is 13.0. The predicted octanol–water partition coefficient (Wildman–Crippen LogP) is 3.42. The number of benzene rings is 1. The summed E-state index contributed by atoms with van der Waals surface area (Å²) < 4.78 is 31.0. The lowest BCUT2D eigenvalue weighted by molar-refractivity contribution is 0.107. The van der Waals surface area contributed by atoms with E-state index in [0.29, 0.717) is 12.2 Å².